The van der Waals surface area contributed by atoms with Crippen molar-refractivity contribution in [1.82, 2.24) is 10.6 Å². The lowest BCUT2D eigenvalue weighted by molar-refractivity contribution is -0.145. The van der Waals surface area contributed by atoms with E-state index < -0.39 is 11.5 Å². The van der Waals surface area contributed by atoms with Crippen LogP contribution in [0.15, 0.2) is 0 Å². The molecule has 0 aromatic carbocycles. The molecule has 5 nitrogen and oxygen atoms in total. The molecular weight excluding hydrogens is 256 g/mol. The van der Waals surface area contributed by atoms with E-state index in [0.717, 1.165) is 32.1 Å². The Morgan fingerprint density at radius 2 is 1.70 bits per heavy atom. The maximum absolute atomic E-state index is 12.1. The third kappa shape index (κ3) is 3.44. The lowest BCUT2D eigenvalue weighted by atomic mass is 9.82. The largest absolute Gasteiger partial charge is 0.480 e. The number of nitrogens with one attached hydrogen (secondary N) is 2. The van der Waals surface area contributed by atoms with Gasteiger partial charge in [-0.1, -0.05) is 32.1 Å². The molecule has 2 aliphatic rings. The summed E-state index contributed by atoms with van der Waals surface area (Å²) in [5.74, 6) is -0.367. The Morgan fingerprint density at radius 3 is 2.25 bits per heavy atom. The van der Waals surface area contributed by atoms with Crippen LogP contribution in [0.1, 0.15) is 64.7 Å². The highest BCUT2D eigenvalue weighted by atomic mass is 16.4. The monoisotopic (exact) mass is 282 g/mol. The zero-order valence-electron chi connectivity index (χ0n) is 12.3. The molecule has 0 spiro atoms. The molecule has 0 aromatic rings. The molecule has 114 valence electrons. The molecule has 0 heterocycles. The van der Waals surface area contributed by atoms with E-state index in [1.807, 2.05) is 6.92 Å². The molecule has 2 amide bonds. The first-order valence-corrected chi connectivity index (χ1v) is 7.85. The fraction of sp³-hybridized carbons (Fsp3) is 0.867. The third-order valence-electron chi connectivity index (χ3n) is 4.94. The van der Waals surface area contributed by atoms with Gasteiger partial charge in [0, 0.05) is 6.04 Å². The molecule has 20 heavy (non-hydrogen) atoms. The first-order chi connectivity index (χ1) is 9.53. The fourth-order valence-corrected chi connectivity index (χ4v) is 3.58. The Morgan fingerprint density at radius 1 is 1.10 bits per heavy atom. The molecule has 5 heteroatoms. The lowest BCUT2D eigenvalue weighted by Gasteiger charge is -2.34. The number of carbonyl (C=O) groups is 2. The van der Waals surface area contributed by atoms with E-state index in [4.69, 9.17) is 0 Å². The number of urea groups is 1. The summed E-state index contributed by atoms with van der Waals surface area (Å²) in [6, 6.07) is -0.208. The highest BCUT2D eigenvalue weighted by Gasteiger charge is 2.41. The van der Waals surface area contributed by atoms with Crippen molar-refractivity contribution in [2.24, 2.45) is 5.92 Å². The number of amides is 2. The smallest absolute Gasteiger partial charge is 0.329 e. The third-order valence-corrected chi connectivity index (χ3v) is 4.94. The number of hydrogen-bond acceptors (Lipinski definition) is 2. The second-order valence-corrected chi connectivity index (χ2v) is 6.38. The molecule has 0 aliphatic heterocycles. The quantitative estimate of drug-likeness (QED) is 0.741. The predicted molar refractivity (Wildman–Crippen MR) is 76.5 cm³/mol. The summed E-state index contributed by atoms with van der Waals surface area (Å²) in [6.07, 6.45) is 8.64. The maximum Gasteiger partial charge on any atom is 0.329 e. The van der Waals surface area contributed by atoms with Crippen LogP contribution < -0.4 is 10.6 Å². The standard InChI is InChI=1S/C15H26N2O3/c1-11(12-7-3-4-8-12)16-14(20)17-15(13(18)19)9-5-2-6-10-15/h11-12H,2-10H2,1H3,(H,18,19)(H2,16,17,20). The summed E-state index contributed by atoms with van der Waals surface area (Å²) < 4.78 is 0. The van der Waals surface area contributed by atoms with Crippen LogP contribution in [0.4, 0.5) is 4.79 Å². The summed E-state index contributed by atoms with van der Waals surface area (Å²) in [5, 5.41) is 15.1. The Bertz CT molecular complexity index is 358. The Balaban J connectivity index is 1.89. The molecular formula is C15H26N2O3. The van der Waals surface area contributed by atoms with Crippen LogP contribution >= 0.6 is 0 Å². The minimum Gasteiger partial charge on any atom is -0.480 e. The maximum atomic E-state index is 12.1. The average Bonchev–Trinajstić information content (AvgIpc) is 2.93. The molecule has 2 rings (SSSR count). The summed E-state index contributed by atoms with van der Waals surface area (Å²) in [4.78, 5) is 23.6. The highest BCUT2D eigenvalue weighted by Crippen LogP contribution is 2.29. The molecule has 0 radical (unpaired) electrons. The summed E-state index contributed by atoms with van der Waals surface area (Å²) in [7, 11) is 0. The van der Waals surface area contributed by atoms with Crippen LogP contribution in [-0.4, -0.2) is 28.7 Å². The van der Waals surface area contributed by atoms with Gasteiger partial charge in [-0.2, -0.15) is 0 Å². The van der Waals surface area contributed by atoms with Crippen molar-refractivity contribution in [3.05, 3.63) is 0 Å². The second-order valence-electron chi connectivity index (χ2n) is 6.38. The SMILES string of the molecule is CC(NC(=O)NC1(C(=O)O)CCCCC1)C1CCCC1. The normalized spacial score (nSPS) is 24.1. The fourth-order valence-electron chi connectivity index (χ4n) is 3.58. The summed E-state index contributed by atoms with van der Waals surface area (Å²) in [6.45, 7) is 2.02. The minimum atomic E-state index is -1.06. The zero-order chi connectivity index (χ0) is 14.6. The van der Waals surface area contributed by atoms with Crippen molar-refractivity contribution in [1.29, 1.82) is 0 Å². The van der Waals surface area contributed by atoms with Crippen molar-refractivity contribution in [2.45, 2.75) is 76.3 Å². The predicted octanol–water partition coefficient (Wildman–Crippen LogP) is 2.65. The average molecular weight is 282 g/mol. The number of carbonyl (C=O) groups excluding carboxylic acids is 1. The van der Waals surface area contributed by atoms with Crippen LogP contribution in [0.3, 0.4) is 0 Å². The van der Waals surface area contributed by atoms with E-state index in [1.54, 1.807) is 0 Å². The van der Waals surface area contributed by atoms with Gasteiger partial charge in [0.25, 0.3) is 0 Å². The zero-order valence-corrected chi connectivity index (χ0v) is 12.3. The van der Waals surface area contributed by atoms with Crippen LogP contribution in [-0.2, 0) is 4.79 Å². The molecule has 2 fully saturated rings. The molecule has 0 aromatic heterocycles. The summed E-state index contributed by atoms with van der Waals surface area (Å²) in [5.41, 5.74) is -1.06. The number of rotatable bonds is 4. The molecule has 3 N–H and O–H groups in total. The van der Waals surface area contributed by atoms with Gasteiger partial charge in [0.1, 0.15) is 5.54 Å². The first kappa shape index (κ1) is 15.1. The number of carboxylic acid groups (broad SMARTS) is 1. The van der Waals surface area contributed by atoms with Gasteiger partial charge in [-0.3, -0.25) is 0 Å². The van der Waals surface area contributed by atoms with Crippen LogP contribution in [0, 0.1) is 5.92 Å². The molecule has 2 saturated carbocycles. The van der Waals surface area contributed by atoms with E-state index >= 15 is 0 Å². The Hall–Kier alpha value is -1.26. The van der Waals surface area contributed by atoms with Crippen molar-refractivity contribution in [2.75, 3.05) is 0 Å². The van der Waals surface area contributed by atoms with E-state index in [-0.39, 0.29) is 12.1 Å². The van der Waals surface area contributed by atoms with Crippen molar-refractivity contribution < 1.29 is 14.7 Å². The van der Waals surface area contributed by atoms with Crippen LogP contribution in [0.25, 0.3) is 0 Å². The first-order valence-electron chi connectivity index (χ1n) is 7.85. The minimum absolute atomic E-state index is 0.118. The van der Waals surface area contributed by atoms with Gasteiger partial charge in [0.05, 0.1) is 0 Å². The van der Waals surface area contributed by atoms with Crippen molar-refractivity contribution in [3.63, 3.8) is 0 Å². The molecule has 1 atom stereocenters. The van der Waals surface area contributed by atoms with Crippen LogP contribution in [0.5, 0.6) is 0 Å². The van der Waals surface area contributed by atoms with Gasteiger partial charge in [-0.15, -0.1) is 0 Å². The molecule has 0 saturated heterocycles. The Kier molecular flexibility index (Phi) is 4.89. The van der Waals surface area contributed by atoms with E-state index in [1.165, 1.54) is 12.8 Å². The van der Waals surface area contributed by atoms with Gasteiger partial charge < -0.3 is 15.7 Å². The second kappa shape index (κ2) is 6.46. The Labute approximate surface area is 120 Å². The number of carboxylic acids is 1. The van der Waals surface area contributed by atoms with Gasteiger partial charge >= 0.3 is 12.0 Å². The van der Waals surface area contributed by atoms with Crippen molar-refractivity contribution in [3.8, 4) is 0 Å². The number of hydrogen-bond donors (Lipinski definition) is 3. The summed E-state index contributed by atoms with van der Waals surface area (Å²) >= 11 is 0. The molecule has 0 bridgehead atoms. The topological polar surface area (TPSA) is 78.4 Å². The van der Waals surface area contributed by atoms with Crippen molar-refractivity contribution >= 4 is 12.0 Å². The molecule has 1 unspecified atom stereocenters. The van der Waals surface area contributed by atoms with Gasteiger partial charge in [-0.05, 0) is 38.5 Å². The molecule has 2 aliphatic carbocycles. The van der Waals surface area contributed by atoms with E-state index in [2.05, 4.69) is 10.6 Å². The lowest BCUT2D eigenvalue weighted by Crippen LogP contribution is -2.59. The van der Waals surface area contributed by atoms with Gasteiger partial charge in [0.2, 0.25) is 0 Å². The highest BCUT2D eigenvalue weighted by molar-refractivity contribution is 5.86. The van der Waals surface area contributed by atoms with E-state index in [0.29, 0.717) is 18.8 Å². The van der Waals surface area contributed by atoms with Gasteiger partial charge in [-0.25, -0.2) is 9.59 Å². The van der Waals surface area contributed by atoms with Gasteiger partial charge in [0.15, 0.2) is 0 Å². The van der Waals surface area contributed by atoms with Crippen LogP contribution in [0.2, 0.25) is 0 Å². The number of aliphatic carboxylic acids is 1. The van der Waals surface area contributed by atoms with E-state index in [9.17, 15) is 14.7 Å².